The Balaban J connectivity index is 1.64. The molecule has 0 radical (unpaired) electrons. The van der Waals surface area contributed by atoms with E-state index in [0.717, 1.165) is 25.1 Å². The summed E-state index contributed by atoms with van der Waals surface area (Å²) in [5.41, 5.74) is 2.69. The maximum atomic E-state index is 12.7. The number of nitrogens with one attached hydrogen (secondary N) is 1. The molecule has 6 nitrogen and oxygen atoms in total. The summed E-state index contributed by atoms with van der Waals surface area (Å²) in [6, 6.07) is 17.9. The lowest BCUT2D eigenvalue weighted by molar-refractivity contribution is 0.0934. The van der Waals surface area contributed by atoms with Crippen LogP contribution in [-0.4, -0.2) is 46.6 Å². The fraction of sp³-hybridized carbons (Fsp3) is 0.348. The zero-order chi connectivity index (χ0) is 20.6. The number of benzene rings is 2. The Kier molecular flexibility index (Phi) is 7.14. The molecule has 1 aromatic heterocycles. The summed E-state index contributed by atoms with van der Waals surface area (Å²) in [5.74, 6) is 0.963. The van der Waals surface area contributed by atoms with Gasteiger partial charge in [-0.15, -0.1) is 0 Å². The highest BCUT2D eigenvalue weighted by Crippen LogP contribution is 2.17. The van der Waals surface area contributed by atoms with E-state index in [2.05, 4.69) is 58.5 Å². The number of nitrogens with zero attached hydrogens (tertiary/aromatic N) is 3. The molecule has 152 valence electrons. The largest absolute Gasteiger partial charge is 0.350 e. The number of hydrogen-bond acceptors (Lipinski definition) is 5. The Morgan fingerprint density at radius 3 is 2.34 bits per heavy atom. The number of carbonyl (C=O) groups excluding carboxylic acids is 1. The molecule has 0 aliphatic rings. The molecule has 3 aromatic rings. The lowest BCUT2D eigenvalue weighted by Crippen LogP contribution is -2.45. The predicted octanol–water partition coefficient (Wildman–Crippen LogP) is 3.73. The zero-order valence-electron chi connectivity index (χ0n) is 17.3. The summed E-state index contributed by atoms with van der Waals surface area (Å²) in [5, 5.41) is 6.90. The number of likely N-dealkylation sites (N-methyl/N-ethyl adjacent to an activating group) is 1. The van der Waals surface area contributed by atoms with E-state index in [1.165, 1.54) is 5.56 Å². The molecule has 0 bridgehead atoms. The van der Waals surface area contributed by atoms with Crippen LogP contribution in [0, 0.1) is 6.92 Å². The van der Waals surface area contributed by atoms with Gasteiger partial charge in [0.25, 0.3) is 11.8 Å². The van der Waals surface area contributed by atoms with Crippen LogP contribution in [0.3, 0.4) is 0 Å². The van der Waals surface area contributed by atoms with Crippen molar-refractivity contribution >= 4 is 5.91 Å². The van der Waals surface area contributed by atoms with E-state index in [1.807, 2.05) is 18.2 Å². The molecule has 1 N–H and O–H groups in total. The first-order valence-corrected chi connectivity index (χ1v) is 10.1. The van der Waals surface area contributed by atoms with E-state index in [1.54, 1.807) is 19.1 Å². The highest BCUT2D eigenvalue weighted by Gasteiger charge is 2.18. The van der Waals surface area contributed by atoms with Gasteiger partial charge in [-0.1, -0.05) is 49.3 Å². The van der Waals surface area contributed by atoms with Gasteiger partial charge >= 0.3 is 0 Å². The molecule has 6 heteroatoms. The van der Waals surface area contributed by atoms with Gasteiger partial charge in [0.15, 0.2) is 5.82 Å². The molecule has 0 aliphatic heterocycles. The van der Waals surface area contributed by atoms with Gasteiger partial charge < -0.3 is 9.84 Å². The van der Waals surface area contributed by atoms with E-state index < -0.39 is 0 Å². The number of amides is 1. The van der Waals surface area contributed by atoms with Gasteiger partial charge in [-0.2, -0.15) is 4.98 Å². The molecule has 0 fully saturated rings. The molecular formula is C23H28N4O2. The third kappa shape index (κ3) is 5.51. The van der Waals surface area contributed by atoms with Crippen LogP contribution in [-0.2, 0) is 6.42 Å². The van der Waals surface area contributed by atoms with Gasteiger partial charge in [0, 0.05) is 23.7 Å². The van der Waals surface area contributed by atoms with Crippen molar-refractivity contribution in [2.24, 2.45) is 0 Å². The number of aryl methyl sites for hydroxylation is 1. The standard InChI is InChI=1S/C23H28N4O2/c1-4-27(5-2)21(15-18-9-7-6-8-10-18)16-24-22(28)19-11-13-20(14-12-19)23-25-17(3)26-29-23/h6-14,21H,4-5,15-16H2,1-3H3,(H,24,28). The van der Waals surface area contributed by atoms with Crippen molar-refractivity contribution in [2.45, 2.75) is 33.2 Å². The van der Waals surface area contributed by atoms with Crippen molar-refractivity contribution in [2.75, 3.05) is 19.6 Å². The molecule has 1 atom stereocenters. The van der Waals surface area contributed by atoms with Gasteiger partial charge in [-0.25, -0.2) is 0 Å². The Morgan fingerprint density at radius 2 is 1.76 bits per heavy atom. The number of aromatic nitrogens is 2. The van der Waals surface area contributed by atoms with Crippen LogP contribution in [0.4, 0.5) is 0 Å². The second kappa shape index (κ2) is 9.98. The molecule has 0 aliphatic carbocycles. The first kappa shape index (κ1) is 20.7. The minimum Gasteiger partial charge on any atom is -0.350 e. The van der Waals surface area contributed by atoms with Crippen LogP contribution in [0.5, 0.6) is 0 Å². The molecular weight excluding hydrogens is 364 g/mol. The highest BCUT2D eigenvalue weighted by molar-refractivity contribution is 5.94. The van der Waals surface area contributed by atoms with Crippen molar-refractivity contribution < 1.29 is 9.32 Å². The molecule has 0 saturated heterocycles. The zero-order valence-corrected chi connectivity index (χ0v) is 17.3. The van der Waals surface area contributed by atoms with Crippen LogP contribution >= 0.6 is 0 Å². The Bertz CT molecular complexity index is 902. The monoisotopic (exact) mass is 392 g/mol. The van der Waals surface area contributed by atoms with Crippen LogP contribution in [0.15, 0.2) is 59.1 Å². The minimum atomic E-state index is -0.0801. The van der Waals surface area contributed by atoms with E-state index in [4.69, 9.17) is 4.52 Å². The van der Waals surface area contributed by atoms with E-state index in [9.17, 15) is 4.79 Å². The average molecular weight is 393 g/mol. The van der Waals surface area contributed by atoms with Crippen molar-refractivity contribution in [3.8, 4) is 11.5 Å². The van der Waals surface area contributed by atoms with Crippen LogP contribution in [0.1, 0.15) is 35.6 Å². The average Bonchev–Trinajstić information content (AvgIpc) is 3.19. The molecule has 3 rings (SSSR count). The van der Waals surface area contributed by atoms with Crippen LogP contribution in [0.2, 0.25) is 0 Å². The summed E-state index contributed by atoms with van der Waals surface area (Å²) in [7, 11) is 0. The third-order valence-electron chi connectivity index (χ3n) is 5.06. The quantitative estimate of drug-likeness (QED) is 0.601. The summed E-state index contributed by atoms with van der Waals surface area (Å²) in [4.78, 5) is 19.3. The maximum absolute atomic E-state index is 12.7. The molecule has 1 heterocycles. The molecule has 0 spiro atoms. The minimum absolute atomic E-state index is 0.0801. The van der Waals surface area contributed by atoms with Gasteiger partial charge in [0.1, 0.15) is 0 Å². The summed E-state index contributed by atoms with van der Waals surface area (Å²) >= 11 is 0. The van der Waals surface area contributed by atoms with Crippen molar-refractivity contribution in [1.82, 2.24) is 20.4 Å². The van der Waals surface area contributed by atoms with E-state index >= 15 is 0 Å². The van der Waals surface area contributed by atoms with Crippen molar-refractivity contribution in [3.63, 3.8) is 0 Å². The highest BCUT2D eigenvalue weighted by atomic mass is 16.5. The Hall–Kier alpha value is -2.99. The van der Waals surface area contributed by atoms with Gasteiger partial charge in [-0.3, -0.25) is 9.69 Å². The Labute approximate surface area is 171 Å². The van der Waals surface area contributed by atoms with Crippen molar-refractivity contribution in [1.29, 1.82) is 0 Å². The molecule has 1 unspecified atom stereocenters. The van der Waals surface area contributed by atoms with Crippen molar-refractivity contribution in [3.05, 3.63) is 71.5 Å². The second-order valence-electron chi connectivity index (χ2n) is 7.00. The van der Waals surface area contributed by atoms with Gasteiger partial charge in [-0.05, 0) is 56.3 Å². The first-order chi connectivity index (χ1) is 14.1. The van der Waals surface area contributed by atoms with E-state index in [0.29, 0.717) is 23.8 Å². The molecule has 29 heavy (non-hydrogen) atoms. The summed E-state index contributed by atoms with van der Waals surface area (Å²) in [6.07, 6.45) is 0.901. The van der Waals surface area contributed by atoms with Gasteiger partial charge in [0.2, 0.25) is 0 Å². The third-order valence-corrected chi connectivity index (χ3v) is 5.06. The summed E-state index contributed by atoms with van der Waals surface area (Å²) < 4.78 is 5.17. The molecule has 1 amide bonds. The SMILES string of the molecule is CCN(CC)C(CNC(=O)c1ccc(-c2nc(C)no2)cc1)Cc1ccccc1. The lowest BCUT2D eigenvalue weighted by Gasteiger charge is -2.30. The fourth-order valence-corrected chi connectivity index (χ4v) is 3.45. The second-order valence-corrected chi connectivity index (χ2v) is 7.00. The first-order valence-electron chi connectivity index (χ1n) is 10.1. The maximum Gasteiger partial charge on any atom is 0.257 e. The number of rotatable bonds is 9. The Morgan fingerprint density at radius 1 is 1.07 bits per heavy atom. The predicted molar refractivity (Wildman–Crippen MR) is 114 cm³/mol. The van der Waals surface area contributed by atoms with Crippen LogP contribution in [0.25, 0.3) is 11.5 Å². The number of hydrogen-bond donors (Lipinski definition) is 1. The normalized spacial score (nSPS) is 12.1. The topological polar surface area (TPSA) is 71.3 Å². The van der Waals surface area contributed by atoms with Crippen LogP contribution < -0.4 is 5.32 Å². The van der Waals surface area contributed by atoms with E-state index in [-0.39, 0.29) is 11.9 Å². The molecule has 0 saturated carbocycles. The number of carbonyl (C=O) groups is 1. The molecule has 2 aromatic carbocycles. The smallest absolute Gasteiger partial charge is 0.257 e. The van der Waals surface area contributed by atoms with Gasteiger partial charge in [0.05, 0.1) is 0 Å². The summed E-state index contributed by atoms with van der Waals surface area (Å²) in [6.45, 7) is 8.57. The lowest BCUT2D eigenvalue weighted by atomic mass is 10.0. The fourth-order valence-electron chi connectivity index (χ4n) is 3.45.